The first-order chi connectivity index (χ1) is 7.78. The molecular formula is C14H13BN. The first kappa shape index (κ1) is 9.53. The highest BCUT2D eigenvalue weighted by molar-refractivity contribution is 6.52. The Labute approximate surface area is 95.7 Å². The van der Waals surface area contributed by atoms with Crippen LogP contribution in [0.2, 0.25) is 6.82 Å². The summed E-state index contributed by atoms with van der Waals surface area (Å²) in [5, 5.41) is 2.63. The molecule has 1 nitrogen and oxygen atoms in total. The van der Waals surface area contributed by atoms with Gasteiger partial charge in [-0.2, -0.15) is 0 Å². The van der Waals surface area contributed by atoms with Crippen LogP contribution >= 0.6 is 0 Å². The molecule has 2 heteroatoms. The van der Waals surface area contributed by atoms with Crippen LogP contribution in [-0.4, -0.2) is 12.3 Å². The third-order valence-electron chi connectivity index (χ3n) is 3.11. The zero-order valence-corrected chi connectivity index (χ0v) is 9.54. The number of H-pyrrole nitrogens is 1. The molecule has 1 radical (unpaired) electrons. The number of hydrogen-bond donors (Lipinski definition) is 1. The molecule has 0 unspecified atom stereocenters. The molecule has 0 bridgehead atoms. The Bertz CT molecular complexity index is 667. The molecule has 3 rings (SSSR count). The highest BCUT2D eigenvalue weighted by Gasteiger charge is 2.04. The Kier molecular flexibility index (Phi) is 2.03. The summed E-state index contributed by atoms with van der Waals surface area (Å²) in [6.07, 6.45) is 0. The minimum atomic E-state index is 1.21. The summed E-state index contributed by atoms with van der Waals surface area (Å²) in [6, 6.07) is 13.1. The normalized spacial score (nSPS) is 11.1. The van der Waals surface area contributed by atoms with E-state index in [1.54, 1.807) is 0 Å². The van der Waals surface area contributed by atoms with Gasteiger partial charge in [0, 0.05) is 21.8 Å². The molecule has 0 aliphatic heterocycles. The van der Waals surface area contributed by atoms with Crippen molar-refractivity contribution in [2.24, 2.45) is 0 Å². The maximum Gasteiger partial charge on any atom is 0.148 e. The predicted octanol–water partition coefficient (Wildman–Crippen LogP) is 3.01. The minimum absolute atomic E-state index is 1.21. The summed E-state index contributed by atoms with van der Waals surface area (Å²) in [5.41, 5.74) is 5.01. The number of benzene rings is 2. The lowest BCUT2D eigenvalue weighted by molar-refractivity contribution is 1.49. The van der Waals surface area contributed by atoms with Crippen LogP contribution in [0.5, 0.6) is 0 Å². The molecule has 0 saturated carbocycles. The van der Waals surface area contributed by atoms with E-state index < -0.39 is 0 Å². The van der Waals surface area contributed by atoms with Crippen molar-refractivity contribution in [3.05, 3.63) is 42.0 Å². The van der Waals surface area contributed by atoms with Gasteiger partial charge in [0.25, 0.3) is 0 Å². The van der Waals surface area contributed by atoms with Crippen LogP contribution in [0, 0.1) is 6.92 Å². The molecular weight excluding hydrogens is 193 g/mol. The van der Waals surface area contributed by atoms with E-state index in [0.717, 1.165) is 0 Å². The Morgan fingerprint density at radius 3 is 2.38 bits per heavy atom. The van der Waals surface area contributed by atoms with Crippen LogP contribution in [0.25, 0.3) is 21.8 Å². The maximum absolute atomic E-state index is 3.44. The number of aromatic nitrogens is 1. The summed E-state index contributed by atoms with van der Waals surface area (Å²) >= 11 is 0. The van der Waals surface area contributed by atoms with Gasteiger partial charge in [0.15, 0.2) is 0 Å². The van der Waals surface area contributed by atoms with Crippen molar-refractivity contribution in [1.82, 2.24) is 4.98 Å². The van der Waals surface area contributed by atoms with Gasteiger partial charge < -0.3 is 4.98 Å². The van der Waals surface area contributed by atoms with Crippen LogP contribution in [0.15, 0.2) is 36.4 Å². The summed E-state index contributed by atoms with van der Waals surface area (Å²) < 4.78 is 0. The van der Waals surface area contributed by atoms with E-state index in [0.29, 0.717) is 0 Å². The second kappa shape index (κ2) is 3.41. The Hall–Kier alpha value is -1.70. The molecule has 16 heavy (non-hydrogen) atoms. The Balaban J connectivity index is 2.44. The van der Waals surface area contributed by atoms with E-state index in [4.69, 9.17) is 0 Å². The smallest absolute Gasteiger partial charge is 0.148 e. The largest absolute Gasteiger partial charge is 0.355 e. The van der Waals surface area contributed by atoms with Crippen LogP contribution in [0.4, 0.5) is 0 Å². The zero-order chi connectivity index (χ0) is 11.1. The van der Waals surface area contributed by atoms with E-state index in [1.165, 1.54) is 32.8 Å². The van der Waals surface area contributed by atoms with Gasteiger partial charge in [0.2, 0.25) is 0 Å². The van der Waals surface area contributed by atoms with Crippen molar-refractivity contribution >= 4 is 34.5 Å². The molecule has 1 N–H and O–H groups in total. The third-order valence-corrected chi connectivity index (χ3v) is 3.11. The highest BCUT2D eigenvalue weighted by Crippen LogP contribution is 2.25. The van der Waals surface area contributed by atoms with Crippen molar-refractivity contribution in [2.45, 2.75) is 13.7 Å². The lowest BCUT2D eigenvalue weighted by Gasteiger charge is -1.96. The quantitative estimate of drug-likeness (QED) is 0.589. The first-order valence-electron chi connectivity index (χ1n) is 5.59. The number of rotatable bonds is 1. The van der Waals surface area contributed by atoms with E-state index in [2.05, 4.69) is 62.4 Å². The molecule has 0 fully saturated rings. The first-order valence-corrected chi connectivity index (χ1v) is 5.59. The van der Waals surface area contributed by atoms with Crippen LogP contribution in [0.1, 0.15) is 5.56 Å². The highest BCUT2D eigenvalue weighted by atomic mass is 14.7. The summed E-state index contributed by atoms with van der Waals surface area (Å²) in [4.78, 5) is 3.44. The Morgan fingerprint density at radius 2 is 1.62 bits per heavy atom. The predicted molar refractivity (Wildman–Crippen MR) is 71.8 cm³/mol. The van der Waals surface area contributed by atoms with Gasteiger partial charge in [-0.3, -0.25) is 0 Å². The van der Waals surface area contributed by atoms with E-state index in [-0.39, 0.29) is 0 Å². The fourth-order valence-electron chi connectivity index (χ4n) is 2.21. The number of nitrogens with one attached hydrogen (secondary N) is 1. The number of aryl methyl sites for hydroxylation is 1. The molecule has 1 heterocycles. The maximum atomic E-state index is 3.44. The van der Waals surface area contributed by atoms with Crippen molar-refractivity contribution in [3.63, 3.8) is 0 Å². The number of hydrogen-bond acceptors (Lipinski definition) is 0. The lowest BCUT2D eigenvalue weighted by Crippen LogP contribution is -2.08. The van der Waals surface area contributed by atoms with Gasteiger partial charge in [-0.15, -0.1) is 0 Å². The summed E-state index contributed by atoms with van der Waals surface area (Å²) in [7, 11) is 2.13. The average Bonchev–Trinajstić information content (AvgIpc) is 2.66. The molecule has 0 atom stereocenters. The van der Waals surface area contributed by atoms with E-state index in [1.807, 2.05) is 0 Å². The molecule has 2 aromatic carbocycles. The van der Waals surface area contributed by atoms with E-state index in [9.17, 15) is 0 Å². The van der Waals surface area contributed by atoms with Crippen molar-refractivity contribution < 1.29 is 0 Å². The van der Waals surface area contributed by atoms with Crippen molar-refractivity contribution in [3.8, 4) is 0 Å². The SMILES string of the molecule is C[B]c1ccc2[nH]c3ccc(C)cc3c2c1. The van der Waals surface area contributed by atoms with Crippen LogP contribution < -0.4 is 5.46 Å². The van der Waals surface area contributed by atoms with Crippen LogP contribution in [-0.2, 0) is 0 Å². The second-order valence-corrected chi connectivity index (χ2v) is 4.27. The fraction of sp³-hybridized carbons (Fsp3) is 0.143. The molecule has 0 saturated heterocycles. The lowest BCUT2D eigenvalue weighted by atomic mass is 9.73. The molecule has 77 valence electrons. The van der Waals surface area contributed by atoms with E-state index >= 15 is 0 Å². The molecule has 1 aromatic heterocycles. The summed E-state index contributed by atoms with van der Waals surface area (Å²) in [5.74, 6) is 0. The molecule has 0 aliphatic rings. The van der Waals surface area contributed by atoms with Gasteiger partial charge >= 0.3 is 0 Å². The van der Waals surface area contributed by atoms with Gasteiger partial charge in [0.05, 0.1) is 0 Å². The monoisotopic (exact) mass is 206 g/mol. The topological polar surface area (TPSA) is 15.8 Å². The van der Waals surface area contributed by atoms with Crippen molar-refractivity contribution in [1.29, 1.82) is 0 Å². The Morgan fingerprint density at radius 1 is 0.938 bits per heavy atom. The zero-order valence-electron chi connectivity index (χ0n) is 9.54. The third kappa shape index (κ3) is 1.34. The fourth-order valence-corrected chi connectivity index (χ4v) is 2.21. The minimum Gasteiger partial charge on any atom is -0.355 e. The van der Waals surface area contributed by atoms with Crippen LogP contribution in [0.3, 0.4) is 0 Å². The molecule has 0 spiro atoms. The average molecular weight is 206 g/mol. The van der Waals surface area contributed by atoms with Gasteiger partial charge in [-0.05, 0) is 25.1 Å². The van der Waals surface area contributed by atoms with Gasteiger partial charge in [0.1, 0.15) is 7.28 Å². The van der Waals surface area contributed by atoms with Gasteiger partial charge in [-0.1, -0.05) is 36.0 Å². The molecule has 0 aliphatic carbocycles. The standard InChI is InChI=1S/C14H13BN/c1-9-3-5-13-11(7-9)12-8-10(15-2)4-6-14(12)16-13/h3-8,16H,1-2H3. The molecule has 3 aromatic rings. The summed E-state index contributed by atoms with van der Waals surface area (Å²) in [6.45, 7) is 4.20. The number of aromatic amines is 1. The molecule has 0 amide bonds. The van der Waals surface area contributed by atoms with Crippen molar-refractivity contribution in [2.75, 3.05) is 0 Å². The second-order valence-electron chi connectivity index (χ2n) is 4.27. The number of fused-ring (bicyclic) bond motifs is 3. The van der Waals surface area contributed by atoms with Gasteiger partial charge in [-0.25, -0.2) is 0 Å².